The number of ether oxygens (including phenoxy) is 2. The number of rotatable bonds is 12. The lowest BCUT2D eigenvalue weighted by atomic mass is 9.78. The number of pyridine rings is 1. The molecule has 1 aliphatic heterocycles. The third-order valence-corrected chi connectivity index (χ3v) is 11.5. The average molecular weight is 589 g/mol. The van der Waals surface area contributed by atoms with Crippen molar-refractivity contribution < 1.29 is 32.1 Å². The van der Waals surface area contributed by atoms with Crippen molar-refractivity contribution in [3.63, 3.8) is 0 Å². The summed E-state index contributed by atoms with van der Waals surface area (Å²) in [6.07, 6.45) is 0.779. The number of alkyl carbamates (subject to hydrolysis) is 1. The number of aromatic nitrogens is 1. The molecule has 9 nitrogen and oxygen atoms in total. The van der Waals surface area contributed by atoms with Gasteiger partial charge in [-0.2, -0.15) is 4.57 Å². The highest BCUT2D eigenvalue weighted by Crippen LogP contribution is 2.56. The van der Waals surface area contributed by atoms with E-state index in [0.717, 1.165) is 5.69 Å². The summed E-state index contributed by atoms with van der Waals surface area (Å²) in [5.74, 6) is 0. The van der Waals surface area contributed by atoms with Gasteiger partial charge < -0.3 is 33.0 Å². The summed E-state index contributed by atoms with van der Waals surface area (Å²) >= 11 is 0. The van der Waals surface area contributed by atoms with Crippen LogP contribution in [0.5, 0.6) is 0 Å². The van der Waals surface area contributed by atoms with Crippen molar-refractivity contribution in [2.45, 2.75) is 25.0 Å². The number of carbonyl (C=O) groups excluding carboxylic acids is 1. The predicted molar refractivity (Wildman–Crippen MR) is 164 cm³/mol. The molecule has 2 aliphatic rings. The van der Waals surface area contributed by atoms with Gasteiger partial charge in [0.05, 0.1) is 23.1 Å². The molecule has 1 unspecified atom stereocenters. The molecular weight excluding hydrogens is 550 g/mol. The van der Waals surface area contributed by atoms with Crippen LogP contribution in [-0.4, -0.2) is 63.0 Å². The van der Waals surface area contributed by atoms with Crippen LogP contribution in [0.4, 0.5) is 16.2 Å². The molecule has 0 radical (unpaired) electrons. The van der Waals surface area contributed by atoms with Crippen molar-refractivity contribution in [3.05, 3.63) is 65.7 Å². The number of aryl methyl sites for hydroxylation is 1. The molecule has 0 spiro atoms. The van der Waals surface area contributed by atoms with E-state index in [0.29, 0.717) is 38.6 Å². The summed E-state index contributed by atoms with van der Waals surface area (Å²) in [5.41, 5.74) is 9.62. The lowest BCUT2D eigenvalue weighted by molar-refractivity contribution is -0.617. The predicted octanol–water partition coefficient (Wildman–Crippen LogP) is 5.37. The molecule has 1 amide bonds. The Balaban J connectivity index is 1.22. The summed E-state index contributed by atoms with van der Waals surface area (Å²) in [6.45, 7) is 1.47. The van der Waals surface area contributed by atoms with Crippen LogP contribution in [0.2, 0.25) is 6.04 Å². The average Bonchev–Trinajstić information content (AvgIpc) is 3.03. The van der Waals surface area contributed by atoms with Gasteiger partial charge in [-0.3, -0.25) is 0 Å². The number of hydrogen-bond donors (Lipinski definition) is 1. The SMILES string of the molecule is COC1c2cccc3c2-c2c4c1cccc4[n+](C)c1cccc(c21)N3CCCOC(=O)NCCC[Si](OC)(OC)OC. The third kappa shape index (κ3) is 4.54. The van der Waals surface area contributed by atoms with Crippen LogP contribution in [0.25, 0.3) is 32.9 Å². The van der Waals surface area contributed by atoms with E-state index in [1.165, 1.54) is 49.7 Å². The Kier molecular flexibility index (Phi) is 7.90. The number of nitrogens with zero attached hydrogens (tertiary/aromatic N) is 2. The smallest absolute Gasteiger partial charge is 0.449 e. The fourth-order valence-electron chi connectivity index (χ4n) is 6.68. The number of amides is 1. The molecular formula is C32H38N3O6Si+. The molecule has 1 aliphatic carbocycles. The molecule has 42 heavy (non-hydrogen) atoms. The van der Waals surface area contributed by atoms with E-state index >= 15 is 0 Å². The quantitative estimate of drug-likeness (QED) is 0.103. The molecule has 0 saturated heterocycles. The van der Waals surface area contributed by atoms with Gasteiger partial charge in [0, 0.05) is 76.5 Å². The molecule has 1 atom stereocenters. The fraction of sp³-hybridized carbons (Fsp3) is 0.375. The minimum absolute atomic E-state index is 0.141. The van der Waals surface area contributed by atoms with Crippen molar-refractivity contribution in [1.29, 1.82) is 0 Å². The van der Waals surface area contributed by atoms with E-state index in [4.69, 9.17) is 22.8 Å². The minimum atomic E-state index is -2.65. The maximum atomic E-state index is 12.4. The molecule has 4 aromatic rings. The topological polar surface area (TPSA) is 82.4 Å². The van der Waals surface area contributed by atoms with Crippen LogP contribution in [-0.2, 0) is 29.8 Å². The number of benzene rings is 3. The van der Waals surface area contributed by atoms with E-state index in [2.05, 4.69) is 76.4 Å². The van der Waals surface area contributed by atoms with E-state index in [1.807, 2.05) is 0 Å². The zero-order valence-corrected chi connectivity index (χ0v) is 25.9. The molecule has 3 aromatic carbocycles. The first-order chi connectivity index (χ1) is 20.5. The summed E-state index contributed by atoms with van der Waals surface area (Å²) in [6, 6.07) is 20.1. The number of methoxy groups -OCH3 is 1. The highest BCUT2D eigenvalue weighted by Gasteiger charge is 2.39. The second-order valence-corrected chi connectivity index (χ2v) is 13.8. The lowest BCUT2D eigenvalue weighted by Gasteiger charge is -2.37. The molecule has 0 bridgehead atoms. The van der Waals surface area contributed by atoms with Crippen molar-refractivity contribution in [2.75, 3.05) is 53.0 Å². The van der Waals surface area contributed by atoms with Gasteiger partial charge in [-0.15, -0.1) is 0 Å². The summed E-state index contributed by atoms with van der Waals surface area (Å²) in [5, 5.41) is 5.33. The fourth-order valence-corrected chi connectivity index (χ4v) is 8.40. The van der Waals surface area contributed by atoms with E-state index in [1.54, 1.807) is 28.4 Å². The molecule has 0 saturated carbocycles. The standard InChI is InChI=1S/C32H37N3O6Si/c1-34-23-13-6-11-21-27(23)30-28-22(31(21)37-2)12-7-15-25(28)35(26-16-8-14-24(34)29(26)30)18-10-19-41-32(36)33-17-9-20-42(38-3,39-4)40-5/h6-8,11-16,31H,9-10,17-20H2,1-5H3/p+1. The first kappa shape index (κ1) is 28.6. The molecule has 2 heterocycles. The number of anilines is 2. The minimum Gasteiger partial charge on any atom is -0.449 e. The number of hydrogen-bond acceptors (Lipinski definition) is 7. The Morgan fingerprint density at radius 1 is 0.857 bits per heavy atom. The van der Waals surface area contributed by atoms with Crippen LogP contribution in [0.1, 0.15) is 30.1 Å². The van der Waals surface area contributed by atoms with Crippen molar-refractivity contribution in [2.24, 2.45) is 7.05 Å². The molecule has 220 valence electrons. The Morgan fingerprint density at radius 3 is 2.26 bits per heavy atom. The van der Waals surface area contributed by atoms with Crippen LogP contribution in [0, 0.1) is 0 Å². The highest BCUT2D eigenvalue weighted by molar-refractivity contribution is 6.60. The van der Waals surface area contributed by atoms with Crippen LogP contribution >= 0.6 is 0 Å². The Morgan fingerprint density at radius 2 is 1.52 bits per heavy atom. The van der Waals surface area contributed by atoms with Crippen molar-refractivity contribution >= 4 is 48.1 Å². The van der Waals surface area contributed by atoms with E-state index in [9.17, 15) is 4.79 Å². The van der Waals surface area contributed by atoms with Crippen molar-refractivity contribution in [3.8, 4) is 11.1 Å². The monoisotopic (exact) mass is 588 g/mol. The van der Waals surface area contributed by atoms with Gasteiger partial charge in [0.25, 0.3) is 0 Å². The van der Waals surface area contributed by atoms with Gasteiger partial charge in [-0.25, -0.2) is 4.79 Å². The molecule has 1 aromatic heterocycles. The number of nitrogens with one attached hydrogen (secondary N) is 1. The van der Waals surface area contributed by atoms with Gasteiger partial charge in [-0.1, -0.05) is 30.3 Å². The summed E-state index contributed by atoms with van der Waals surface area (Å²) < 4.78 is 30.3. The Hall–Kier alpha value is -3.54. The molecule has 0 fully saturated rings. The number of carbonyl (C=O) groups is 1. The summed E-state index contributed by atoms with van der Waals surface area (Å²) in [4.78, 5) is 14.7. The second-order valence-electron chi connectivity index (χ2n) is 10.7. The zero-order chi connectivity index (χ0) is 29.4. The van der Waals surface area contributed by atoms with Crippen molar-refractivity contribution in [1.82, 2.24) is 5.32 Å². The highest BCUT2D eigenvalue weighted by atomic mass is 28.4. The molecule has 1 N–H and O–H groups in total. The van der Waals surface area contributed by atoms with E-state index in [-0.39, 0.29) is 6.10 Å². The first-order valence-electron chi connectivity index (χ1n) is 14.4. The van der Waals surface area contributed by atoms with Crippen LogP contribution in [0.3, 0.4) is 0 Å². The van der Waals surface area contributed by atoms with Gasteiger partial charge in [-0.05, 0) is 36.1 Å². The third-order valence-electron chi connectivity index (χ3n) is 8.65. The Labute approximate surface area is 247 Å². The lowest BCUT2D eigenvalue weighted by Crippen LogP contribution is -2.43. The van der Waals surface area contributed by atoms with Crippen LogP contribution < -0.4 is 14.8 Å². The normalized spacial score (nSPS) is 15.1. The second kappa shape index (κ2) is 11.6. The van der Waals surface area contributed by atoms with Gasteiger partial charge in [0.2, 0.25) is 11.0 Å². The largest absolute Gasteiger partial charge is 0.500 e. The van der Waals surface area contributed by atoms with Crippen LogP contribution in [0.15, 0.2) is 54.6 Å². The zero-order valence-electron chi connectivity index (χ0n) is 24.9. The maximum absolute atomic E-state index is 12.4. The molecule has 10 heteroatoms. The molecule has 6 rings (SSSR count). The van der Waals surface area contributed by atoms with Gasteiger partial charge in [0.15, 0.2) is 0 Å². The maximum Gasteiger partial charge on any atom is 0.500 e. The Bertz CT molecular complexity index is 1650. The van der Waals surface area contributed by atoms with E-state index < -0.39 is 14.9 Å². The first-order valence-corrected chi connectivity index (χ1v) is 16.3. The summed E-state index contributed by atoms with van der Waals surface area (Å²) in [7, 11) is 6.04. The van der Waals surface area contributed by atoms with Gasteiger partial charge >= 0.3 is 14.9 Å². The van der Waals surface area contributed by atoms with Gasteiger partial charge in [0.1, 0.15) is 13.2 Å².